The number of nitrogens with one attached hydrogen (secondary N) is 1. The Bertz CT molecular complexity index is 506. The standard InChI is InChI=1S/C14H13Cl2NO/c1-17-9-10-2-4-13(5-3-10)18-14-7-11(15)6-12(16)8-14/h2-8,17H,9H2,1H3. The first-order chi connectivity index (χ1) is 8.67. The summed E-state index contributed by atoms with van der Waals surface area (Å²) in [5, 5.41) is 4.21. The van der Waals surface area contributed by atoms with Gasteiger partial charge in [0.1, 0.15) is 11.5 Å². The molecule has 0 atom stereocenters. The topological polar surface area (TPSA) is 21.3 Å². The van der Waals surface area contributed by atoms with E-state index in [1.165, 1.54) is 5.56 Å². The molecule has 0 unspecified atom stereocenters. The molecule has 0 fully saturated rings. The fraction of sp³-hybridized carbons (Fsp3) is 0.143. The van der Waals surface area contributed by atoms with Gasteiger partial charge in [-0.2, -0.15) is 0 Å². The Morgan fingerprint density at radius 2 is 1.56 bits per heavy atom. The van der Waals surface area contributed by atoms with Crippen molar-refractivity contribution in [3.8, 4) is 11.5 Å². The second-order valence-electron chi connectivity index (χ2n) is 3.88. The summed E-state index contributed by atoms with van der Waals surface area (Å²) in [6.45, 7) is 0.837. The van der Waals surface area contributed by atoms with Crippen LogP contribution in [0.15, 0.2) is 42.5 Å². The zero-order chi connectivity index (χ0) is 13.0. The molecule has 1 N–H and O–H groups in total. The maximum Gasteiger partial charge on any atom is 0.130 e. The molecule has 94 valence electrons. The van der Waals surface area contributed by atoms with Crippen molar-refractivity contribution in [3.05, 3.63) is 58.1 Å². The van der Waals surface area contributed by atoms with Crippen LogP contribution < -0.4 is 10.1 Å². The van der Waals surface area contributed by atoms with Crippen molar-refractivity contribution >= 4 is 23.2 Å². The van der Waals surface area contributed by atoms with Gasteiger partial charge < -0.3 is 10.1 Å². The van der Waals surface area contributed by atoms with E-state index >= 15 is 0 Å². The van der Waals surface area contributed by atoms with Crippen LogP contribution in [-0.4, -0.2) is 7.05 Å². The van der Waals surface area contributed by atoms with Gasteiger partial charge in [0, 0.05) is 16.6 Å². The fourth-order valence-corrected chi connectivity index (χ4v) is 2.11. The van der Waals surface area contributed by atoms with Gasteiger partial charge in [0.2, 0.25) is 0 Å². The van der Waals surface area contributed by atoms with Gasteiger partial charge >= 0.3 is 0 Å². The molecule has 0 aliphatic rings. The van der Waals surface area contributed by atoms with E-state index in [1.54, 1.807) is 18.2 Å². The van der Waals surface area contributed by atoms with Crippen LogP contribution in [0.25, 0.3) is 0 Å². The molecular formula is C14H13Cl2NO. The van der Waals surface area contributed by atoms with Gasteiger partial charge in [-0.05, 0) is 42.9 Å². The van der Waals surface area contributed by atoms with Crippen molar-refractivity contribution in [2.24, 2.45) is 0 Å². The maximum absolute atomic E-state index is 5.91. The van der Waals surface area contributed by atoms with Crippen LogP contribution in [-0.2, 0) is 6.54 Å². The van der Waals surface area contributed by atoms with Crippen LogP contribution in [0.3, 0.4) is 0 Å². The largest absolute Gasteiger partial charge is 0.457 e. The molecule has 0 saturated carbocycles. The molecule has 2 aromatic rings. The minimum absolute atomic E-state index is 0.560. The van der Waals surface area contributed by atoms with Crippen molar-refractivity contribution in [1.82, 2.24) is 5.32 Å². The molecule has 0 heterocycles. The Kier molecular flexibility index (Phi) is 4.48. The highest BCUT2D eigenvalue weighted by molar-refractivity contribution is 6.34. The summed E-state index contributed by atoms with van der Waals surface area (Å²) in [6.07, 6.45) is 0. The van der Waals surface area contributed by atoms with Gasteiger partial charge in [0.25, 0.3) is 0 Å². The van der Waals surface area contributed by atoms with Crippen molar-refractivity contribution in [1.29, 1.82) is 0 Å². The van der Waals surface area contributed by atoms with Crippen LogP contribution in [0.4, 0.5) is 0 Å². The minimum atomic E-state index is 0.560. The van der Waals surface area contributed by atoms with Gasteiger partial charge in [0.15, 0.2) is 0 Å². The summed E-state index contributed by atoms with van der Waals surface area (Å²) >= 11 is 11.8. The first kappa shape index (κ1) is 13.2. The second kappa shape index (κ2) is 6.10. The average Bonchev–Trinajstić information content (AvgIpc) is 2.31. The highest BCUT2D eigenvalue weighted by Gasteiger charge is 2.01. The maximum atomic E-state index is 5.91. The number of rotatable bonds is 4. The van der Waals surface area contributed by atoms with Crippen LogP contribution in [0, 0.1) is 0 Å². The summed E-state index contributed by atoms with van der Waals surface area (Å²) in [6, 6.07) is 13.0. The summed E-state index contributed by atoms with van der Waals surface area (Å²) in [7, 11) is 1.92. The Morgan fingerprint density at radius 3 is 2.11 bits per heavy atom. The molecule has 0 bridgehead atoms. The van der Waals surface area contributed by atoms with E-state index in [0.717, 1.165) is 12.3 Å². The van der Waals surface area contributed by atoms with Crippen LogP contribution in [0.1, 0.15) is 5.56 Å². The molecule has 0 saturated heterocycles. The third kappa shape index (κ3) is 3.64. The molecular weight excluding hydrogens is 269 g/mol. The van der Waals surface area contributed by atoms with E-state index in [1.807, 2.05) is 31.3 Å². The van der Waals surface area contributed by atoms with E-state index in [4.69, 9.17) is 27.9 Å². The summed E-state index contributed by atoms with van der Waals surface area (Å²) < 4.78 is 5.68. The number of hydrogen-bond donors (Lipinski definition) is 1. The fourth-order valence-electron chi connectivity index (χ4n) is 1.60. The van der Waals surface area contributed by atoms with E-state index in [9.17, 15) is 0 Å². The minimum Gasteiger partial charge on any atom is -0.457 e. The number of ether oxygens (including phenoxy) is 1. The van der Waals surface area contributed by atoms with E-state index in [0.29, 0.717) is 15.8 Å². The number of halogens is 2. The molecule has 0 aliphatic heterocycles. The molecule has 18 heavy (non-hydrogen) atoms. The first-order valence-electron chi connectivity index (χ1n) is 5.55. The highest BCUT2D eigenvalue weighted by Crippen LogP contribution is 2.28. The predicted molar refractivity (Wildman–Crippen MR) is 75.7 cm³/mol. The van der Waals surface area contributed by atoms with Crippen LogP contribution in [0.5, 0.6) is 11.5 Å². The van der Waals surface area contributed by atoms with Crippen molar-refractivity contribution in [2.75, 3.05) is 7.05 Å². The van der Waals surface area contributed by atoms with E-state index < -0.39 is 0 Å². The third-order valence-electron chi connectivity index (χ3n) is 2.38. The van der Waals surface area contributed by atoms with Crippen molar-refractivity contribution < 1.29 is 4.74 Å². The van der Waals surface area contributed by atoms with Gasteiger partial charge in [-0.1, -0.05) is 35.3 Å². The lowest BCUT2D eigenvalue weighted by Crippen LogP contribution is -2.04. The zero-order valence-corrected chi connectivity index (χ0v) is 11.4. The second-order valence-corrected chi connectivity index (χ2v) is 4.75. The zero-order valence-electron chi connectivity index (χ0n) is 9.91. The normalized spacial score (nSPS) is 10.4. The molecule has 2 nitrogen and oxygen atoms in total. The Balaban J connectivity index is 2.13. The number of benzene rings is 2. The Morgan fingerprint density at radius 1 is 0.944 bits per heavy atom. The van der Waals surface area contributed by atoms with Crippen LogP contribution in [0.2, 0.25) is 10.0 Å². The molecule has 4 heteroatoms. The van der Waals surface area contributed by atoms with Gasteiger partial charge in [-0.25, -0.2) is 0 Å². The van der Waals surface area contributed by atoms with Gasteiger partial charge in [-0.15, -0.1) is 0 Å². The average molecular weight is 282 g/mol. The summed E-state index contributed by atoms with van der Waals surface area (Å²) in [5.41, 5.74) is 1.20. The molecule has 0 amide bonds. The van der Waals surface area contributed by atoms with Gasteiger partial charge in [0.05, 0.1) is 0 Å². The predicted octanol–water partition coefficient (Wildman–Crippen LogP) is 4.51. The Hall–Kier alpha value is -1.22. The lowest BCUT2D eigenvalue weighted by molar-refractivity contribution is 0.482. The molecule has 0 aromatic heterocycles. The molecule has 0 aliphatic carbocycles. The third-order valence-corrected chi connectivity index (χ3v) is 2.81. The highest BCUT2D eigenvalue weighted by atomic mass is 35.5. The van der Waals surface area contributed by atoms with Gasteiger partial charge in [-0.3, -0.25) is 0 Å². The molecule has 0 spiro atoms. The molecule has 0 radical (unpaired) electrons. The monoisotopic (exact) mass is 281 g/mol. The summed E-state index contributed by atoms with van der Waals surface area (Å²) in [4.78, 5) is 0. The van der Waals surface area contributed by atoms with Crippen molar-refractivity contribution in [2.45, 2.75) is 6.54 Å². The lowest BCUT2D eigenvalue weighted by atomic mass is 10.2. The lowest BCUT2D eigenvalue weighted by Gasteiger charge is -2.07. The SMILES string of the molecule is CNCc1ccc(Oc2cc(Cl)cc(Cl)c2)cc1. The van der Waals surface area contributed by atoms with E-state index in [-0.39, 0.29) is 0 Å². The van der Waals surface area contributed by atoms with Crippen LogP contribution >= 0.6 is 23.2 Å². The summed E-state index contributed by atoms with van der Waals surface area (Å²) in [5.74, 6) is 1.39. The Labute approximate surface area is 116 Å². The quantitative estimate of drug-likeness (QED) is 0.891. The molecule has 2 aromatic carbocycles. The first-order valence-corrected chi connectivity index (χ1v) is 6.30. The number of hydrogen-bond acceptors (Lipinski definition) is 2. The molecule has 2 rings (SSSR count). The van der Waals surface area contributed by atoms with Crippen molar-refractivity contribution in [3.63, 3.8) is 0 Å². The smallest absolute Gasteiger partial charge is 0.130 e. The van der Waals surface area contributed by atoms with E-state index in [2.05, 4.69) is 5.32 Å².